The molecule has 0 atom stereocenters. The van der Waals surface area contributed by atoms with Gasteiger partial charge < -0.3 is 18.1 Å². The van der Waals surface area contributed by atoms with Crippen molar-refractivity contribution in [3.05, 3.63) is 18.7 Å². The lowest BCUT2D eigenvalue weighted by atomic mass is 9.87. The second kappa shape index (κ2) is 12.4. The summed E-state index contributed by atoms with van der Waals surface area (Å²) in [7, 11) is -4.00. The molecule has 0 aliphatic carbocycles. The van der Waals surface area contributed by atoms with E-state index in [2.05, 4.69) is 116 Å². The molecule has 1 fully saturated rings. The third kappa shape index (κ3) is 6.07. The number of aromatic nitrogens is 2. The van der Waals surface area contributed by atoms with Crippen molar-refractivity contribution in [3.63, 3.8) is 0 Å². The highest BCUT2D eigenvalue weighted by molar-refractivity contribution is 6.94. The van der Waals surface area contributed by atoms with Crippen LogP contribution in [0.15, 0.2) is 27.5 Å². The Morgan fingerprint density at radius 1 is 0.615 bits per heavy atom. The Labute approximate surface area is 241 Å². The Bertz CT molecular complexity index is 970. The predicted octanol–water partition coefficient (Wildman–Crippen LogP) is 7.42. The van der Waals surface area contributed by atoms with Crippen molar-refractivity contribution in [1.82, 2.24) is 9.97 Å². The van der Waals surface area contributed by atoms with Crippen LogP contribution in [-0.2, 0) is 9.31 Å². The molecule has 0 N–H and O–H groups in total. The van der Waals surface area contributed by atoms with E-state index in [-0.39, 0.29) is 11.2 Å². The van der Waals surface area contributed by atoms with E-state index < -0.39 is 23.3 Å². The fourth-order valence-electron chi connectivity index (χ4n) is 7.47. The average molecular weight is 577 g/mol. The maximum absolute atomic E-state index is 6.30. The minimum atomic E-state index is -1.89. The molecule has 1 aliphatic rings. The molecule has 2 aromatic rings. The van der Waals surface area contributed by atoms with Crippen LogP contribution < -0.4 is 16.7 Å². The van der Waals surface area contributed by atoms with Gasteiger partial charge in [0.15, 0.2) is 32.8 Å². The molecule has 0 unspecified atom stereocenters. The van der Waals surface area contributed by atoms with E-state index in [0.29, 0.717) is 38.9 Å². The van der Waals surface area contributed by atoms with Gasteiger partial charge >= 0.3 is 7.12 Å². The Morgan fingerprint density at radius 2 is 1.00 bits per heavy atom. The number of nitrogens with zero attached hydrogens (tertiary/aromatic N) is 2. The van der Waals surface area contributed by atoms with Crippen LogP contribution in [0.2, 0.25) is 33.2 Å². The highest BCUT2D eigenvalue weighted by Crippen LogP contribution is 2.42. The van der Waals surface area contributed by atoms with Crippen molar-refractivity contribution in [2.75, 3.05) is 0 Å². The van der Waals surface area contributed by atoms with Crippen LogP contribution >= 0.6 is 0 Å². The van der Waals surface area contributed by atoms with Gasteiger partial charge in [0.2, 0.25) is 0 Å². The quantitative estimate of drug-likeness (QED) is 0.289. The van der Waals surface area contributed by atoms with E-state index in [1.807, 2.05) is 6.20 Å². The molecule has 39 heavy (non-hydrogen) atoms. The van der Waals surface area contributed by atoms with Crippen LogP contribution in [0, 0.1) is 0 Å². The van der Waals surface area contributed by atoms with Gasteiger partial charge in [-0.3, -0.25) is 0 Å². The minimum absolute atomic E-state index is 0.368. The minimum Gasteiger partial charge on any atom is -0.454 e. The Hall–Kier alpha value is -1.16. The summed E-state index contributed by atoms with van der Waals surface area (Å²) in [6.45, 7) is 36.0. The molecule has 0 spiro atoms. The van der Waals surface area contributed by atoms with Crippen molar-refractivity contribution in [2.24, 2.45) is 0 Å². The molecular weight excluding hydrogens is 519 g/mol. The summed E-state index contributed by atoms with van der Waals surface area (Å²) in [4.78, 5) is 9.18. The summed E-state index contributed by atoms with van der Waals surface area (Å²) < 4.78 is 24.2. The molecule has 222 valence electrons. The first-order valence-corrected chi connectivity index (χ1v) is 19.5. The van der Waals surface area contributed by atoms with E-state index >= 15 is 0 Å². The Balaban J connectivity index is 0.000000306. The highest BCUT2D eigenvalue weighted by Gasteiger charge is 2.55. The van der Waals surface area contributed by atoms with Crippen molar-refractivity contribution in [3.8, 4) is 0 Å². The molecule has 0 saturated carbocycles. The Morgan fingerprint density at radius 3 is 1.33 bits per heavy atom. The number of oxazole rings is 2. The van der Waals surface area contributed by atoms with Crippen LogP contribution in [0.25, 0.3) is 0 Å². The molecule has 3 rings (SSSR count). The van der Waals surface area contributed by atoms with Crippen LogP contribution in [0.4, 0.5) is 0 Å². The molecule has 0 bridgehead atoms. The smallest absolute Gasteiger partial charge is 0.454 e. The lowest BCUT2D eigenvalue weighted by Crippen LogP contribution is -2.56. The third-order valence-corrected chi connectivity index (χ3v) is 23.3. The molecule has 6 nitrogen and oxygen atoms in total. The zero-order valence-corrected chi connectivity index (χ0v) is 29.8. The maximum atomic E-state index is 6.30. The van der Waals surface area contributed by atoms with Crippen molar-refractivity contribution < 1.29 is 18.1 Å². The number of hydrogen-bond donors (Lipinski definition) is 0. The molecule has 3 heterocycles. The lowest BCUT2D eigenvalue weighted by molar-refractivity contribution is 0.00578. The molecule has 9 heteroatoms. The highest BCUT2D eigenvalue weighted by atomic mass is 28.3. The number of rotatable bonds is 9. The van der Waals surface area contributed by atoms with Gasteiger partial charge in [-0.2, -0.15) is 0 Å². The summed E-state index contributed by atoms with van der Waals surface area (Å²) in [5.41, 5.74) is 5.59. The summed E-state index contributed by atoms with van der Waals surface area (Å²) >= 11 is 0. The monoisotopic (exact) mass is 576 g/mol. The van der Waals surface area contributed by atoms with E-state index in [9.17, 15) is 0 Å². The SMILES string of the molecule is CC(C)[Si](c1ncc(B2OC(C)(C)C(C)(C)O2)o1)(C(C)C)C(C)C.CC(C)[Si](c1ncco1)(C(C)C)C(C)C. The largest absolute Gasteiger partial charge is 0.534 e. The first-order valence-electron chi connectivity index (χ1n) is 15.0. The fraction of sp³-hybridized carbons (Fsp3) is 0.800. The topological polar surface area (TPSA) is 70.5 Å². The zero-order chi connectivity index (χ0) is 30.1. The summed E-state index contributed by atoms with van der Waals surface area (Å²) in [5.74, 6) is 0. The van der Waals surface area contributed by atoms with Crippen LogP contribution in [-0.4, -0.2) is 44.4 Å². The first kappa shape index (κ1) is 34.0. The van der Waals surface area contributed by atoms with Gasteiger partial charge in [0.25, 0.3) is 0 Å². The van der Waals surface area contributed by atoms with E-state index in [0.717, 1.165) is 11.0 Å². The second-order valence-electron chi connectivity index (χ2n) is 14.3. The second-order valence-corrected chi connectivity index (χ2v) is 25.8. The van der Waals surface area contributed by atoms with Gasteiger partial charge in [0.05, 0.1) is 23.6 Å². The lowest BCUT2D eigenvalue weighted by Gasteiger charge is -2.39. The number of hydrogen-bond acceptors (Lipinski definition) is 6. The molecule has 2 aromatic heterocycles. The summed E-state index contributed by atoms with van der Waals surface area (Å²) in [5, 5.41) is 0. The standard InChI is InChI=1S/C18H34BNO3Si.C12H23NOSi/c1-12(2)24(13(3)4,14(5)6)16-20-11-15(21-16)19-22-17(7,8)18(9,10)23-19;1-9(2)15(10(3)4,11(5)6)12-13-7-8-14-12/h11-14H,1-10H3;7-11H,1-6H3. The zero-order valence-electron chi connectivity index (χ0n) is 27.8. The Kier molecular flexibility index (Phi) is 10.8. The summed E-state index contributed by atoms with van der Waals surface area (Å²) in [6, 6.07) is 0. The predicted molar refractivity (Wildman–Crippen MR) is 170 cm³/mol. The van der Waals surface area contributed by atoms with Crippen molar-refractivity contribution in [1.29, 1.82) is 0 Å². The van der Waals surface area contributed by atoms with Crippen LogP contribution in [0.3, 0.4) is 0 Å². The van der Waals surface area contributed by atoms with Crippen molar-refractivity contribution in [2.45, 2.75) is 155 Å². The first-order chi connectivity index (χ1) is 17.8. The average Bonchev–Trinajstić information content (AvgIpc) is 3.49. The summed E-state index contributed by atoms with van der Waals surface area (Å²) in [6.07, 6.45) is 5.31. The van der Waals surface area contributed by atoms with E-state index in [4.69, 9.17) is 23.1 Å². The van der Waals surface area contributed by atoms with Gasteiger partial charge in [0, 0.05) is 0 Å². The van der Waals surface area contributed by atoms with Crippen molar-refractivity contribution >= 4 is 40.0 Å². The normalized spacial score (nSPS) is 17.7. The van der Waals surface area contributed by atoms with E-state index in [1.54, 1.807) is 12.5 Å². The van der Waals surface area contributed by atoms with Gasteiger partial charge in [0.1, 0.15) is 6.26 Å². The third-order valence-electron chi connectivity index (χ3n) is 9.91. The molecule has 1 aliphatic heterocycles. The molecular formula is C30H57BN2O4Si2. The van der Waals surface area contributed by atoms with Crippen LogP contribution in [0.1, 0.15) is 111 Å². The molecule has 0 aromatic carbocycles. The van der Waals surface area contributed by atoms with Crippen LogP contribution in [0.5, 0.6) is 0 Å². The van der Waals surface area contributed by atoms with Gasteiger partial charge in [-0.1, -0.05) is 83.1 Å². The van der Waals surface area contributed by atoms with Gasteiger partial charge in [-0.15, -0.1) is 0 Å². The maximum Gasteiger partial charge on any atom is 0.534 e. The van der Waals surface area contributed by atoms with Gasteiger partial charge in [-0.25, -0.2) is 9.97 Å². The fourth-order valence-corrected chi connectivity index (χ4v) is 19.6. The molecule has 0 radical (unpaired) electrons. The molecule has 1 saturated heterocycles. The van der Waals surface area contributed by atoms with E-state index in [1.165, 1.54) is 0 Å². The molecule has 0 amide bonds. The van der Waals surface area contributed by atoms with Gasteiger partial charge in [-0.05, 0) is 60.9 Å².